The molecule has 26 heavy (non-hydrogen) atoms. The number of nitrogens with one attached hydrogen (secondary N) is 1. The summed E-state index contributed by atoms with van der Waals surface area (Å²) >= 11 is 0. The average molecular weight is 406 g/mol. The average Bonchev–Trinajstić information content (AvgIpc) is 2.59. The minimum absolute atomic E-state index is 0.000930. The van der Waals surface area contributed by atoms with Gasteiger partial charge in [-0.1, -0.05) is 6.92 Å². The molecule has 0 saturated heterocycles. The van der Waals surface area contributed by atoms with Crippen molar-refractivity contribution in [3.05, 3.63) is 18.2 Å². The first-order valence-electron chi connectivity index (χ1n) is 7.88. The zero-order valence-electron chi connectivity index (χ0n) is 14.8. The minimum atomic E-state index is -3.75. The highest BCUT2D eigenvalue weighted by atomic mass is 32.2. The smallest absolute Gasteiger partial charge is 0.263 e. The second-order valence-corrected chi connectivity index (χ2v) is 9.90. The summed E-state index contributed by atoms with van der Waals surface area (Å²) in [6.07, 6.45) is -0.0640. The van der Waals surface area contributed by atoms with Gasteiger partial charge in [0, 0.05) is 13.7 Å². The molecule has 0 spiro atoms. The number of methoxy groups -OCH3 is 1. The third kappa shape index (κ3) is 4.46. The molecule has 1 aliphatic heterocycles. The lowest BCUT2D eigenvalue weighted by atomic mass is 10.2. The Hall–Kier alpha value is -1.85. The number of carbonyl (C=O) groups excluding carboxylic acids is 1. The van der Waals surface area contributed by atoms with Gasteiger partial charge < -0.3 is 14.8 Å². The van der Waals surface area contributed by atoms with E-state index in [-0.39, 0.29) is 35.2 Å². The van der Waals surface area contributed by atoms with Crippen LogP contribution in [-0.2, 0) is 29.4 Å². The Balaban J connectivity index is 2.39. The van der Waals surface area contributed by atoms with Crippen molar-refractivity contribution in [3.63, 3.8) is 0 Å². The van der Waals surface area contributed by atoms with Crippen LogP contribution in [0.2, 0.25) is 0 Å². The van der Waals surface area contributed by atoms with Gasteiger partial charge >= 0.3 is 0 Å². The molecule has 1 aromatic rings. The third-order valence-corrected chi connectivity index (χ3v) is 6.72. The lowest BCUT2D eigenvalue weighted by molar-refractivity contribution is -0.127. The summed E-state index contributed by atoms with van der Waals surface area (Å²) in [6, 6.07) is 3.96. The Morgan fingerprint density at radius 2 is 2.04 bits per heavy atom. The molecule has 0 radical (unpaired) electrons. The lowest BCUT2D eigenvalue weighted by Crippen LogP contribution is -2.51. The number of amides is 1. The molecular formula is C15H22N2O7S2. The first-order valence-corrected chi connectivity index (χ1v) is 11.4. The fourth-order valence-corrected chi connectivity index (χ4v) is 4.24. The molecule has 2 rings (SSSR count). The van der Waals surface area contributed by atoms with E-state index in [0.29, 0.717) is 6.61 Å². The summed E-state index contributed by atoms with van der Waals surface area (Å²) in [6.45, 7) is 1.82. The Morgan fingerprint density at radius 3 is 2.62 bits per heavy atom. The van der Waals surface area contributed by atoms with E-state index >= 15 is 0 Å². The molecule has 0 fully saturated rings. The summed E-state index contributed by atoms with van der Waals surface area (Å²) in [4.78, 5) is 12.2. The molecule has 1 atom stereocenters. The van der Waals surface area contributed by atoms with Crippen molar-refractivity contribution >= 4 is 31.5 Å². The molecule has 1 aliphatic rings. The van der Waals surface area contributed by atoms with Crippen molar-refractivity contribution in [2.75, 3.05) is 43.1 Å². The second kappa shape index (κ2) is 7.80. The standard InChI is InChI=1S/C15H22N2O7S2/c1-4-26(21,22)11-5-6-13-12(9-11)17(25(3,19)20)10-14(24-13)15(18)16-7-8-23-2/h5-6,9,14H,4,7-8,10H2,1-3H3,(H,16,18)/t14-/m0/s1. The number of anilines is 1. The summed E-state index contributed by atoms with van der Waals surface area (Å²) < 4.78 is 59.9. The first-order chi connectivity index (χ1) is 12.1. The molecule has 1 heterocycles. The van der Waals surface area contributed by atoms with Crippen LogP contribution in [0.5, 0.6) is 5.75 Å². The number of nitrogens with zero attached hydrogens (tertiary/aromatic N) is 1. The normalized spacial score (nSPS) is 17.3. The molecule has 1 aromatic carbocycles. The van der Waals surface area contributed by atoms with Crippen LogP contribution < -0.4 is 14.4 Å². The second-order valence-electron chi connectivity index (χ2n) is 5.72. The van der Waals surface area contributed by atoms with Gasteiger partial charge in [-0.15, -0.1) is 0 Å². The number of benzene rings is 1. The number of fused-ring (bicyclic) bond motifs is 1. The van der Waals surface area contributed by atoms with Crippen LogP contribution in [0, 0.1) is 0 Å². The van der Waals surface area contributed by atoms with Crippen molar-refractivity contribution in [2.45, 2.75) is 17.9 Å². The molecule has 1 amide bonds. The minimum Gasteiger partial charge on any atom is -0.476 e. The predicted molar refractivity (Wildman–Crippen MR) is 95.7 cm³/mol. The van der Waals surface area contributed by atoms with Crippen molar-refractivity contribution in [2.24, 2.45) is 0 Å². The first kappa shape index (κ1) is 20.5. The van der Waals surface area contributed by atoms with Gasteiger partial charge in [-0.2, -0.15) is 0 Å². The van der Waals surface area contributed by atoms with E-state index in [1.165, 1.54) is 32.2 Å². The van der Waals surface area contributed by atoms with Crippen molar-refractivity contribution in [1.82, 2.24) is 5.32 Å². The van der Waals surface area contributed by atoms with E-state index in [9.17, 15) is 21.6 Å². The Bertz CT molecular complexity index is 881. The molecule has 9 nitrogen and oxygen atoms in total. The molecule has 1 N–H and O–H groups in total. The van der Waals surface area contributed by atoms with Crippen LogP contribution in [-0.4, -0.2) is 67.7 Å². The van der Waals surface area contributed by atoms with Crippen LogP contribution in [0.4, 0.5) is 5.69 Å². The van der Waals surface area contributed by atoms with E-state index in [1.54, 1.807) is 0 Å². The zero-order valence-corrected chi connectivity index (χ0v) is 16.4. The largest absolute Gasteiger partial charge is 0.476 e. The third-order valence-electron chi connectivity index (χ3n) is 3.84. The highest BCUT2D eigenvalue weighted by molar-refractivity contribution is 7.92. The van der Waals surface area contributed by atoms with Gasteiger partial charge in [-0.05, 0) is 18.2 Å². The Kier molecular flexibility index (Phi) is 6.14. The Labute approximate surface area is 153 Å². The lowest BCUT2D eigenvalue weighted by Gasteiger charge is -2.34. The molecule has 11 heteroatoms. The van der Waals surface area contributed by atoms with Gasteiger partial charge in [0.1, 0.15) is 5.75 Å². The molecule has 0 bridgehead atoms. The molecule has 0 aromatic heterocycles. The molecule has 0 unspecified atom stereocenters. The maximum absolute atomic E-state index is 12.2. The number of hydrogen-bond acceptors (Lipinski definition) is 7. The maximum Gasteiger partial charge on any atom is 0.263 e. The highest BCUT2D eigenvalue weighted by Crippen LogP contribution is 2.37. The fourth-order valence-electron chi connectivity index (χ4n) is 2.43. The SMILES string of the molecule is CCS(=O)(=O)c1ccc2c(c1)N(S(C)(=O)=O)C[C@@H](C(=O)NCCOC)O2. The van der Waals surface area contributed by atoms with E-state index in [4.69, 9.17) is 9.47 Å². The monoisotopic (exact) mass is 406 g/mol. The number of sulfone groups is 1. The van der Waals surface area contributed by atoms with E-state index < -0.39 is 31.9 Å². The van der Waals surface area contributed by atoms with E-state index in [0.717, 1.165) is 10.6 Å². The number of sulfonamides is 1. The number of hydrogen-bond donors (Lipinski definition) is 1. The fraction of sp³-hybridized carbons (Fsp3) is 0.533. The summed E-state index contributed by atoms with van der Waals surface area (Å²) in [5, 5.41) is 2.59. The van der Waals surface area contributed by atoms with Gasteiger partial charge in [0.15, 0.2) is 15.9 Å². The summed E-state index contributed by atoms with van der Waals surface area (Å²) in [5.41, 5.74) is 0.1000. The molecule has 0 aliphatic carbocycles. The quantitative estimate of drug-likeness (QED) is 0.621. The van der Waals surface area contributed by atoms with Gasteiger partial charge in [0.25, 0.3) is 5.91 Å². The van der Waals surface area contributed by atoms with Gasteiger partial charge in [-0.25, -0.2) is 16.8 Å². The van der Waals surface area contributed by atoms with Crippen molar-refractivity contribution in [3.8, 4) is 5.75 Å². The van der Waals surface area contributed by atoms with Crippen LogP contribution in [0.15, 0.2) is 23.1 Å². The van der Waals surface area contributed by atoms with Crippen LogP contribution >= 0.6 is 0 Å². The summed E-state index contributed by atoms with van der Waals surface area (Å²) in [7, 11) is -5.77. The summed E-state index contributed by atoms with van der Waals surface area (Å²) in [5.74, 6) is -0.467. The van der Waals surface area contributed by atoms with Crippen molar-refractivity contribution in [1.29, 1.82) is 0 Å². The number of carbonyl (C=O) groups is 1. The topological polar surface area (TPSA) is 119 Å². The van der Waals surface area contributed by atoms with E-state index in [1.807, 2.05) is 0 Å². The van der Waals surface area contributed by atoms with Crippen LogP contribution in [0.3, 0.4) is 0 Å². The van der Waals surface area contributed by atoms with Crippen molar-refractivity contribution < 1.29 is 31.1 Å². The number of ether oxygens (including phenoxy) is 2. The highest BCUT2D eigenvalue weighted by Gasteiger charge is 2.35. The maximum atomic E-state index is 12.2. The van der Waals surface area contributed by atoms with Gasteiger partial charge in [0.05, 0.1) is 35.7 Å². The predicted octanol–water partition coefficient (Wildman–Crippen LogP) is -0.230. The van der Waals surface area contributed by atoms with Crippen LogP contribution in [0.1, 0.15) is 6.92 Å². The van der Waals surface area contributed by atoms with Gasteiger partial charge in [-0.3, -0.25) is 9.10 Å². The van der Waals surface area contributed by atoms with Gasteiger partial charge in [0.2, 0.25) is 10.0 Å². The molecule has 146 valence electrons. The zero-order chi connectivity index (χ0) is 19.5. The number of rotatable bonds is 7. The molecule has 0 saturated carbocycles. The van der Waals surface area contributed by atoms with E-state index in [2.05, 4.69) is 5.32 Å². The molecular weight excluding hydrogens is 384 g/mol. The van der Waals surface area contributed by atoms with Crippen LogP contribution in [0.25, 0.3) is 0 Å². The Morgan fingerprint density at radius 1 is 1.35 bits per heavy atom.